The first-order chi connectivity index (χ1) is 9.06. The summed E-state index contributed by atoms with van der Waals surface area (Å²) in [4.78, 5) is 23.7. The van der Waals surface area contributed by atoms with Crippen molar-refractivity contribution in [3.63, 3.8) is 0 Å². The first-order valence-corrected chi connectivity index (χ1v) is 6.22. The van der Waals surface area contributed by atoms with Crippen LogP contribution in [0.2, 0.25) is 0 Å². The van der Waals surface area contributed by atoms with Crippen molar-refractivity contribution in [1.82, 2.24) is 0 Å². The van der Waals surface area contributed by atoms with Crippen LogP contribution in [0, 0.1) is 20.8 Å². The Labute approximate surface area is 113 Å². The van der Waals surface area contributed by atoms with E-state index in [0.29, 0.717) is 16.7 Å². The maximum atomic E-state index is 12.6. The monoisotopic (exact) mass is 252 g/mol. The molecule has 2 aromatic carbocycles. The van der Waals surface area contributed by atoms with Crippen LogP contribution in [-0.2, 0) is 0 Å². The Kier molecular flexibility index (Phi) is 3.61. The number of aldehydes is 1. The average Bonchev–Trinajstić information content (AvgIpc) is 2.39. The summed E-state index contributed by atoms with van der Waals surface area (Å²) < 4.78 is 0. The molecule has 0 fully saturated rings. The molecule has 2 aromatic rings. The Bertz CT molecular complexity index is 640. The van der Waals surface area contributed by atoms with Gasteiger partial charge in [0.2, 0.25) is 0 Å². The first-order valence-electron chi connectivity index (χ1n) is 6.22. The number of carbonyl (C=O) groups is 2. The molecule has 0 atom stereocenters. The van der Waals surface area contributed by atoms with E-state index in [2.05, 4.69) is 0 Å². The molecular formula is C17H16O2. The first kappa shape index (κ1) is 13.2. The van der Waals surface area contributed by atoms with Gasteiger partial charge in [0.25, 0.3) is 0 Å². The van der Waals surface area contributed by atoms with Gasteiger partial charge in [-0.15, -0.1) is 0 Å². The highest BCUT2D eigenvalue weighted by Crippen LogP contribution is 2.23. The van der Waals surface area contributed by atoms with Crippen molar-refractivity contribution < 1.29 is 9.59 Å². The zero-order valence-electron chi connectivity index (χ0n) is 11.4. The lowest BCUT2D eigenvalue weighted by atomic mass is 9.89. The van der Waals surface area contributed by atoms with E-state index < -0.39 is 0 Å². The molecule has 96 valence electrons. The summed E-state index contributed by atoms with van der Waals surface area (Å²) >= 11 is 0. The maximum absolute atomic E-state index is 12.6. The fourth-order valence-electron chi connectivity index (χ4n) is 2.47. The molecule has 2 heteroatoms. The largest absolute Gasteiger partial charge is 0.298 e. The van der Waals surface area contributed by atoms with Crippen molar-refractivity contribution in [3.8, 4) is 0 Å². The van der Waals surface area contributed by atoms with Crippen LogP contribution >= 0.6 is 0 Å². The SMILES string of the molecule is Cc1cc(C)c(C(=O)c2ccccc2)c(C)c1C=O. The highest BCUT2D eigenvalue weighted by Gasteiger charge is 2.17. The van der Waals surface area contributed by atoms with Crippen molar-refractivity contribution in [1.29, 1.82) is 0 Å². The molecule has 0 saturated carbocycles. The molecule has 0 aliphatic heterocycles. The zero-order chi connectivity index (χ0) is 14.0. The zero-order valence-corrected chi connectivity index (χ0v) is 11.4. The molecule has 2 rings (SSSR count). The molecule has 0 bridgehead atoms. The Morgan fingerprint density at radius 3 is 2.21 bits per heavy atom. The lowest BCUT2D eigenvalue weighted by Gasteiger charge is -2.13. The van der Waals surface area contributed by atoms with Gasteiger partial charge < -0.3 is 0 Å². The van der Waals surface area contributed by atoms with Gasteiger partial charge >= 0.3 is 0 Å². The quantitative estimate of drug-likeness (QED) is 0.617. The Morgan fingerprint density at radius 1 is 1.00 bits per heavy atom. The number of benzene rings is 2. The minimum absolute atomic E-state index is 0.0290. The normalized spacial score (nSPS) is 10.3. The van der Waals surface area contributed by atoms with E-state index in [4.69, 9.17) is 0 Å². The van der Waals surface area contributed by atoms with Crippen LogP contribution in [0.4, 0.5) is 0 Å². The number of aryl methyl sites for hydroxylation is 2. The smallest absolute Gasteiger partial charge is 0.193 e. The summed E-state index contributed by atoms with van der Waals surface area (Å²) in [5.74, 6) is -0.0290. The third-order valence-electron chi connectivity index (χ3n) is 3.41. The van der Waals surface area contributed by atoms with E-state index in [1.54, 1.807) is 12.1 Å². The van der Waals surface area contributed by atoms with Gasteiger partial charge in [0.1, 0.15) is 0 Å². The van der Waals surface area contributed by atoms with E-state index in [9.17, 15) is 9.59 Å². The lowest BCUT2D eigenvalue weighted by molar-refractivity contribution is 0.103. The van der Waals surface area contributed by atoms with Gasteiger partial charge in [-0.25, -0.2) is 0 Å². The van der Waals surface area contributed by atoms with Crippen molar-refractivity contribution in [2.75, 3.05) is 0 Å². The van der Waals surface area contributed by atoms with Crippen LogP contribution in [0.25, 0.3) is 0 Å². The molecule has 0 aliphatic carbocycles. The molecule has 0 radical (unpaired) electrons. The number of rotatable bonds is 3. The van der Waals surface area contributed by atoms with Gasteiger partial charge in [-0.05, 0) is 37.5 Å². The van der Waals surface area contributed by atoms with E-state index in [1.807, 2.05) is 45.0 Å². The van der Waals surface area contributed by atoms with Crippen LogP contribution < -0.4 is 0 Å². The third kappa shape index (κ3) is 2.34. The minimum atomic E-state index is -0.0290. The molecule has 0 aliphatic rings. The summed E-state index contributed by atoms with van der Waals surface area (Å²) in [5, 5.41) is 0. The third-order valence-corrected chi connectivity index (χ3v) is 3.41. The molecule has 0 aromatic heterocycles. The fourth-order valence-corrected chi connectivity index (χ4v) is 2.47. The predicted molar refractivity (Wildman–Crippen MR) is 75.9 cm³/mol. The second kappa shape index (κ2) is 5.19. The van der Waals surface area contributed by atoms with Crippen molar-refractivity contribution >= 4 is 12.1 Å². The number of hydrogen-bond donors (Lipinski definition) is 0. The summed E-state index contributed by atoms with van der Waals surface area (Å²) in [6, 6.07) is 11.0. The summed E-state index contributed by atoms with van der Waals surface area (Å²) in [6.45, 7) is 5.63. The summed E-state index contributed by atoms with van der Waals surface area (Å²) in [5.41, 5.74) is 4.49. The van der Waals surface area contributed by atoms with E-state index in [0.717, 1.165) is 23.0 Å². The molecule has 19 heavy (non-hydrogen) atoms. The number of ketones is 1. The van der Waals surface area contributed by atoms with Gasteiger partial charge in [0.15, 0.2) is 12.1 Å². The van der Waals surface area contributed by atoms with Crippen molar-refractivity contribution in [3.05, 3.63) is 69.8 Å². The minimum Gasteiger partial charge on any atom is -0.298 e. The van der Waals surface area contributed by atoms with Crippen LogP contribution in [0.3, 0.4) is 0 Å². The Balaban J connectivity index is 2.63. The summed E-state index contributed by atoms with van der Waals surface area (Å²) in [7, 11) is 0. The molecule has 0 saturated heterocycles. The molecule has 2 nitrogen and oxygen atoms in total. The molecule has 0 N–H and O–H groups in total. The van der Waals surface area contributed by atoms with E-state index >= 15 is 0 Å². The topological polar surface area (TPSA) is 34.1 Å². The van der Waals surface area contributed by atoms with E-state index in [-0.39, 0.29) is 5.78 Å². The van der Waals surface area contributed by atoms with Crippen LogP contribution in [0.1, 0.15) is 43.0 Å². The van der Waals surface area contributed by atoms with Crippen LogP contribution in [0.5, 0.6) is 0 Å². The molecule has 0 unspecified atom stereocenters. The average molecular weight is 252 g/mol. The Morgan fingerprint density at radius 2 is 1.63 bits per heavy atom. The maximum Gasteiger partial charge on any atom is 0.193 e. The second-order valence-electron chi connectivity index (χ2n) is 4.74. The van der Waals surface area contributed by atoms with Crippen molar-refractivity contribution in [2.45, 2.75) is 20.8 Å². The molecular weight excluding hydrogens is 236 g/mol. The van der Waals surface area contributed by atoms with Gasteiger partial charge in [-0.3, -0.25) is 9.59 Å². The van der Waals surface area contributed by atoms with Crippen LogP contribution in [-0.4, -0.2) is 12.1 Å². The van der Waals surface area contributed by atoms with Gasteiger partial charge in [-0.2, -0.15) is 0 Å². The Hall–Kier alpha value is -2.22. The predicted octanol–water partition coefficient (Wildman–Crippen LogP) is 3.66. The lowest BCUT2D eigenvalue weighted by Crippen LogP contribution is -2.09. The highest BCUT2D eigenvalue weighted by molar-refractivity contribution is 6.11. The second-order valence-corrected chi connectivity index (χ2v) is 4.74. The van der Waals surface area contributed by atoms with Crippen molar-refractivity contribution in [2.24, 2.45) is 0 Å². The summed E-state index contributed by atoms with van der Waals surface area (Å²) in [6.07, 6.45) is 0.825. The van der Waals surface area contributed by atoms with Gasteiger partial charge in [0, 0.05) is 16.7 Å². The van der Waals surface area contributed by atoms with E-state index in [1.165, 1.54) is 0 Å². The van der Waals surface area contributed by atoms with Gasteiger partial charge in [-0.1, -0.05) is 36.4 Å². The van der Waals surface area contributed by atoms with Crippen LogP contribution in [0.15, 0.2) is 36.4 Å². The molecule has 0 spiro atoms. The fraction of sp³-hybridized carbons (Fsp3) is 0.176. The molecule has 0 amide bonds. The number of carbonyl (C=O) groups excluding carboxylic acids is 2. The highest BCUT2D eigenvalue weighted by atomic mass is 16.1. The molecule has 0 heterocycles. The van der Waals surface area contributed by atoms with Gasteiger partial charge in [0.05, 0.1) is 0 Å². The standard InChI is InChI=1S/C17H16O2/c1-11-9-12(2)16(13(3)15(11)10-18)17(19)14-7-5-4-6-8-14/h4-10H,1-3H3. The number of hydrogen-bond acceptors (Lipinski definition) is 2.